The van der Waals surface area contributed by atoms with Crippen LogP contribution in [0, 0.1) is 6.92 Å². The van der Waals surface area contributed by atoms with Crippen LogP contribution in [-0.4, -0.2) is 0 Å². The van der Waals surface area contributed by atoms with Gasteiger partial charge in [-0.1, -0.05) is 42.8 Å². The van der Waals surface area contributed by atoms with E-state index in [-0.39, 0.29) is 0 Å². The van der Waals surface area contributed by atoms with E-state index in [9.17, 15) is 0 Å². The highest BCUT2D eigenvalue weighted by atomic mass is 14.9. The Morgan fingerprint density at radius 3 is 2.36 bits per heavy atom. The van der Waals surface area contributed by atoms with Gasteiger partial charge >= 0.3 is 0 Å². The molecule has 2 saturated carbocycles. The standard InChI is InChI=1S/C21H23N/c1-15-7-5-12-19(16-8-6-9-16)20(15)21(17-13-14-17)22-18-10-3-2-4-11-18/h2-5,7,10-12,16,22H,6,8-9,13-14H2,1H3. The molecule has 0 aliphatic heterocycles. The molecule has 2 aliphatic rings. The maximum absolute atomic E-state index is 3.72. The van der Waals surface area contributed by atoms with Crippen LogP contribution < -0.4 is 5.32 Å². The molecule has 0 bridgehead atoms. The summed E-state index contributed by atoms with van der Waals surface area (Å²) in [5.41, 5.74) is 8.60. The maximum Gasteiger partial charge on any atom is 0.0455 e. The summed E-state index contributed by atoms with van der Waals surface area (Å²) >= 11 is 0. The zero-order valence-electron chi connectivity index (χ0n) is 13.2. The van der Waals surface area contributed by atoms with E-state index in [0.717, 1.165) is 5.92 Å². The molecular weight excluding hydrogens is 266 g/mol. The average Bonchev–Trinajstić information content (AvgIpc) is 3.30. The lowest BCUT2D eigenvalue weighted by Gasteiger charge is -2.30. The molecule has 0 radical (unpaired) electrons. The van der Waals surface area contributed by atoms with Crippen LogP contribution in [0.3, 0.4) is 0 Å². The lowest BCUT2D eigenvalue weighted by molar-refractivity contribution is 0.419. The molecule has 0 unspecified atom stereocenters. The van der Waals surface area contributed by atoms with Gasteiger partial charge in [-0.25, -0.2) is 0 Å². The van der Waals surface area contributed by atoms with E-state index in [1.165, 1.54) is 54.6 Å². The minimum atomic E-state index is 0.766. The predicted molar refractivity (Wildman–Crippen MR) is 94.0 cm³/mol. The highest BCUT2D eigenvalue weighted by molar-refractivity contribution is 5.84. The Morgan fingerprint density at radius 2 is 1.73 bits per heavy atom. The molecule has 2 fully saturated rings. The van der Waals surface area contributed by atoms with Gasteiger partial charge in [-0.2, -0.15) is 0 Å². The van der Waals surface area contributed by atoms with Crippen LogP contribution in [-0.2, 0) is 0 Å². The second-order valence-electron chi connectivity index (χ2n) is 6.64. The molecule has 0 aromatic heterocycles. The van der Waals surface area contributed by atoms with Gasteiger partial charge in [0, 0.05) is 16.9 Å². The third kappa shape index (κ3) is 2.56. The lowest BCUT2D eigenvalue weighted by atomic mass is 9.76. The van der Waals surface area contributed by atoms with E-state index in [0.29, 0.717) is 0 Å². The van der Waals surface area contributed by atoms with E-state index in [2.05, 4.69) is 60.8 Å². The van der Waals surface area contributed by atoms with E-state index in [4.69, 9.17) is 0 Å². The first-order valence-corrected chi connectivity index (χ1v) is 8.47. The van der Waals surface area contributed by atoms with Gasteiger partial charge in [0.05, 0.1) is 0 Å². The lowest BCUT2D eigenvalue weighted by Crippen LogP contribution is -2.13. The second-order valence-corrected chi connectivity index (χ2v) is 6.64. The maximum atomic E-state index is 3.72. The number of allylic oxidation sites excluding steroid dienone is 1. The van der Waals surface area contributed by atoms with E-state index < -0.39 is 0 Å². The van der Waals surface area contributed by atoms with Crippen molar-refractivity contribution in [1.82, 2.24) is 0 Å². The van der Waals surface area contributed by atoms with Gasteiger partial charge in [0.25, 0.3) is 0 Å². The fourth-order valence-electron chi connectivity index (χ4n) is 3.40. The molecule has 1 N–H and O–H groups in total. The molecule has 0 atom stereocenters. The molecule has 1 heteroatoms. The summed E-state index contributed by atoms with van der Waals surface area (Å²) in [4.78, 5) is 0. The van der Waals surface area contributed by atoms with Crippen LogP contribution in [0.25, 0.3) is 5.70 Å². The highest BCUT2D eigenvalue weighted by Gasteiger charge is 2.27. The Morgan fingerprint density at radius 1 is 0.955 bits per heavy atom. The predicted octanol–water partition coefficient (Wildman–Crippen LogP) is 5.88. The topological polar surface area (TPSA) is 12.0 Å². The normalized spacial score (nSPS) is 17.0. The highest BCUT2D eigenvalue weighted by Crippen LogP contribution is 2.44. The first-order chi connectivity index (χ1) is 10.8. The third-order valence-corrected chi connectivity index (χ3v) is 5.00. The molecular formula is C21H23N. The monoisotopic (exact) mass is 289 g/mol. The van der Waals surface area contributed by atoms with Crippen LogP contribution in [0.4, 0.5) is 5.69 Å². The number of anilines is 1. The van der Waals surface area contributed by atoms with Crippen LogP contribution in [0.15, 0.2) is 54.1 Å². The zero-order valence-corrected chi connectivity index (χ0v) is 13.2. The quantitative estimate of drug-likeness (QED) is 0.741. The molecule has 2 aromatic rings. The second kappa shape index (κ2) is 5.64. The number of hydrogen-bond donors (Lipinski definition) is 1. The average molecular weight is 289 g/mol. The minimum absolute atomic E-state index is 0.766. The van der Waals surface area contributed by atoms with E-state index >= 15 is 0 Å². The smallest absolute Gasteiger partial charge is 0.0455 e. The molecule has 1 nitrogen and oxygen atoms in total. The van der Waals surface area contributed by atoms with Crippen LogP contribution in [0.5, 0.6) is 0 Å². The van der Waals surface area contributed by atoms with Gasteiger partial charge in [-0.3, -0.25) is 0 Å². The summed E-state index contributed by atoms with van der Waals surface area (Å²) in [6.07, 6.45) is 6.58. The van der Waals surface area contributed by atoms with E-state index in [1.807, 2.05) is 0 Å². The van der Waals surface area contributed by atoms with Gasteiger partial charge in [-0.05, 0) is 67.4 Å². The largest absolute Gasteiger partial charge is 0.355 e. The Labute approximate surface area is 133 Å². The Hall–Kier alpha value is -2.02. The van der Waals surface area contributed by atoms with Crippen molar-refractivity contribution in [2.45, 2.75) is 44.9 Å². The van der Waals surface area contributed by atoms with Crippen molar-refractivity contribution in [2.24, 2.45) is 0 Å². The van der Waals surface area contributed by atoms with E-state index in [1.54, 1.807) is 11.1 Å². The first kappa shape index (κ1) is 13.6. The minimum Gasteiger partial charge on any atom is -0.355 e. The summed E-state index contributed by atoms with van der Waals surface area (Å²) in [5.74, 6) is 0.766. The van der Waals surface area contributed by atoms with Crippen molar-refractivity contribution in [3.8, 4) is 0 Å². The Balaban J connectivity index is 1.77. The van der Waals surface area contributed by atoms with Crippen LogP contribution in [0.1, 0.15) is 54.7 Å². The van der Waals surface area contributed by atoms with Gasteiger partial charge < -0.3 is 5.32 Å². The van der Waals surface area contributed by atoms with Crippen molar-refractivity contribution < 1.29 is 0 Å². The van der Waals surface area contributed by atoms with Crippen molar-refractivity contribution in [3.63, 3.8) is 0 Å². The third-order valence-electron chi connectivity index (χ3n) is 5.00. The first-order valence-electron chi connectivity index (χ1n) is 8.47. The van der Waals surface area contributed by atoms with Gasteiger partial charge in [-0.15, -0.1) is 0 Å². The summed E-state index contributed by atoms with van der Waals surface area (Å²) < 4.78 is 0. The van der Waals surface area contributed by atoms with Crippen molar-refractivity contribution in [3.05, 3.63) is 70.8 Å². The van der Waals surface area contributed by atoms with Gasteiger partial charge in [0.1, 0.15) is 0 Å². The molecule has 2 aromatic carbocycles. The summed E-state index contributed by atoms with van der Waals surface area (Å²) in [7, 11) is 0. The van der Waals surface area contributed by atoms with Crippen molar-refractivity contribution >= 4 is 11.4 Å². The number of benzene rings is 2. The molecule has 2 aliphatic carbocycles. The number of hydrogen-bond acceptors (Lipinski definition) is 1. The Kier molecular flexibility index (Phi) is 3.49. The fraction of sp³-hybridized carbons (Fsp3) is 0.333. The molecule has 22 heavy (non-hydrogen) atoms. The van der Waals surface area contributed by atoms with Gasteiger partial charge in [0.2, 0.25) is 0 Å². The number of aryl methyl sites for hydroxylation is 1. The molecule has 0 saturated heterocycles. The SMILES string of the molecule is Cc1cccc(C2CCC2)c1C(Nc1ccccc1)=C1CC1. The molecule has 4 rings (SSSR count). The summed E-state index contributed by atoms with van der Waals surface area (Å²) in [6, 6.07) is 17.4. The number of para-hydroxylation sites is 1. The van der Waals surface area contributed by atoms with Gasteiger partial charge in [0.15, 0.2) is 0 Å². The molecule has 0 heterocycles. The molecule has 0 spiro atoms. The number of nitrogens with one attached hydrogen (secondary N) is 1. The molecule has 0 amide bonds. The van der Waals surface area contributed by atoms with Crippen LogP contribution in [0.2, 0.25) is 0 Å². The van der Waals surface area contributed by atoms with Crippen molar-refractivity contribution in [1.29, 1.82) is 0 Å². The molecule has 112 valence electrons. The van der Waals surface area contributed by atoms with Crippen molar-refractivity contribution in [2.75, 3.05) is 5.32 Å². The van der Waals surface area contributed by atoms with Crippen LogP contribution >= 0.6 is 0 Å². The fourth-order valence-corrected chi connectivity index (χ4v) is 3.40. The summed E-state index contributed by atoms with van der Waals surface area (Å²) in [6.45, 7) is 2.26. The number of rotatable bonds is 4. The summed E-state index contributed by atoms with van der Waals surface area (Å²) in [5, 5.41) is 3.72. The Bertz CT molecular complexity index is 702. The zero-order chi connectivity index (χ0) is 14.9.